The molecular weight excluding hydrogens is 412 g/mol. The maximum atomic E-state index is 13.4. The van der Waals surface area contributed by atoms with E-state index in [2.05, 4.69) is 5.32 Å². The highest BCUT2D eigenvalue weighted by atomic mass is 32.2. The van der Waals surface area contributed by atoms with Gasteiger partial charge in [0.05, 0.1) is 24.2 Å². The van der Waals surface area contributed by atoms with Crippen LogP contribution in [-0.2, 0) is 21.4 Å². The number of carbonyl (C=O) groups is 1. The van der Waals surface area contributed by atoms with E-state index in [-0.39, 0.29) is 18.0 Å². The maximum absolute atomic E-state index is 13.4. The first-order valence-electron chi connectivity index (χ1n) is 9.85. The minimum Gasteiger partial charge on any atom is -0.495 e. The lowest BCUT2D eigenvalue weighted by Crippen LogP contribution is -2.37. The van der Waals surface area contributed by atoms with Crippen LogP contribution in [0.2, 0.25) is 0 Å². The monoisotopic (exact) mass is 438 g/mol. The van der Waals surface area contributed by atoms with Crippen LogP contribution < -0.4 is 10.1 Å². The minimum absolute atomic E-state index is 0.0806. The number of sulfonamides is 1. The largest absolute Gasteiger partial charge is 0.495 e. The lowest BCUT2D eigenvalue weighted by atomic mass is 10.1. The highest BCUT2D eigenvalue weighted by Crippen LogP contribution is 2.24. The highest BCUT2D eigenvalue weighted by Gasteiger charge is 2.27. The predicted octanol–water partition coefficient (Wildman–Crippen LogP) is 4.14. The summed E-state index contributed by atoms with van der Waals surface area (Å²) in [7, 11) is -2.38. The molecule has 0 fully saturated rings. The second kappa shape index (κ2) is 9.76. The van der Waals surface area contributed by atoms with Gasteiger partial charge in [0.2, 0.25) is 15.9 Å². The van der Waals surface area contributed by atoms with Crippen molar-refractivity contribution in [3.05, 3.63) is 89.5 Å². The normalized spacial score (nSPS) is 11.4. The molecule has 162 valence electrons. The fourth-order valence-electron chi connectivity index (χ4n) is 3.20. The van der Waals surface area contributed by atoms with Gasteiger partial charge in [-0.25, -0.2) is 8.42 Å². The number of aryl methyl sites for hydroxylation is 2. The molecule has 1 amide bonds. The Morgan fingerprint density at radius 2 is 1.65 bits per heavy atom. The van der Waals surface area contributed by atoms with Crippen molar-refractivity contribution in [1.82, 2.24) is 4.31 Å². The van der Waals surface area contributed by atoms with Crippen molar-refractivity contribution < 1.29 is 17.9 Å². The SMILES string of the molecule is COc1ccccc1NC(=O)CN(Cc1cccc(C)c1)S(=O)(=O)c1ccc(C)cc1. The zero-order valence-electron chi connectivity index (χ0n) is 17.8. The van der Waals surface area contributed by atoms with Gasteiger partial charge in [-0.05, 0) is 43.7 Å². The van der Waals surface area contributed by atoms with E-state index in [1.807, 2.05) is 38.1 Å². The van der Waals surface area contributed by atoms with Crippen LogP contribution in [0.25, 0.3) is 0 Å². The molecule has 0 saturated carbocycles. The standard InChI is InChI=1S/C24H26N2O4S/c1-18-11-13-21(14-12-18)31(28,29)26(16-20-8-6-7-19(2)15-20)17-24(27)25-22-9-4-5-10-23(22)30-3/h4-15H,16-17H2,1-3H3,(H,25,27). The summed E-state index contributed by atoms with van der Waals surface area (Å²) in [6.07, 6.45) is 0. The summed E-state index contributed by atoms with van der Waals surface area (Å²) in [5.41, 5.74) is 3.26. The molecule has 0 spiro atoms. The van der Waals surface area contributed by atoms with Crippen molar-refractivity contribution in [2.75, 3.05) is 19.0 Å². The zero-order valence-corrected chi connectivity index (χ0v) is 18.6. The van der Waals surface area contributed by atoms with E-state index in [0.717, 1.165) is 16.7 Å². The molecule has 0 aromatic heterocycles. The van der Waals surface area contributed by atoms with Crippen LogP contribution in [0.15, 0.2) is 77.7 Å². The second-order valence-corrected chi connectivity index (χ2v) is 9.26. The quantitative estimate of drug-likeness (QED) is 0.574. The lowest BCUT2D eigenvalue weighted by molar-refractivity contribution is -0.116. The lowest BCUT2D eigenvalue weighted by Gasteiger charge is -2.22. The van der Waals surface area contributed by atoms with Crippen LogP contribution in [0.3, 0.4) is 0 Å². The molecule has 0 saturated heterocycles. The van der Waals surface area contributed by atoms with E-state index >= 15 is 0 Å². The van der Waals surface area contributed by atoms with E-state index in [9.17, 15) is 13.2 Å². The number of anilines is 1. The second-order valence-electron chi connectivity index (χ2n) is 7.32. The molecule has 0 atom stereocenters. The topological polar surface area (TPSA) is 75.7 Å². The van der Waals surface area contributed by atoms with Crippen molar-refractivity contribution in [3.63, 3.8) is 0 Å². The van der Waals surface area contributed by atoms with Crippen LogP contribution in [0, 0.1) is 13.8 Å². The Morgan fingerprint density at radius 3 is 2.32 bits per heavy atom. The number of nitrogens with one attached hydrogen (secondary N) is 1. The summed E-state index contributed by atoms with van der Waals surface area (Å²) in [5, 5.41) is 2.75. The Kier molecular flexibility index (Phi) is 7.09. The van der Waals surface area contributed by atoms with Crippen LogP contribution in [0.1, 0.15) is 16.7 Å². The number of ether oxygens (including phenoxy) is 1. The molecule has 0 radical (unpaired) electrons. The Morgan fingerprint density at radius 1 is 0.935 bits per heavy atom. The highest BCUT2D eigenvalue weighted by molar-refractivity contribution is 7.89. The van der Waals surface area contributed by atoms with Crippen molar-refractivity contribution in [3.8, 4) is 5.75 Å². The van der Waals surface area contributed by atoms with Crippen molar-refractivity contribution >= 4 is 21.6 Å². The first-order valence-corrected chi connectivity index (χ1v) is 11.3. The van der Waals surface area contributed by atoms with E-state index in [1.54, 1.807) is 48.5 Å². The summed E-state index contributed by atoms with van der Waals surface area (Å²) in [6.45, 7) is 3.58. The van der Waals surface area contributed by atoms with Gasteiger partial charge in [0.25, 0.3) is 0 Å². The molecule has 3 aromatic carbocycles. The number of rotatable bonds is 8. The van der Waals surface area contributed by atoms with Gasteiger partial charge in [-0.15, -0.1) is 0 Å². The van der Waals surface area contributed by atoms with Crippen LogP contribution in [0.4, 0.5) is 5.69 Å². The third-order valence-corrected chi connectivity index (χ3v) is 6.61. The predicted molar refractivity (Wildman–Crippen MR) is 122 cm³/mol. The molecule has 1 N–H and O–H groups in total. The van der Waals surface area contributed by atoms with Gasteiger partial charge in [-0.2, -0.15) is 4.31 Å². The van der Waals surface area contributed by atoms with E-state index < -0.39 is 15.9 Å². The smallest absolute Gasteiger partial charge is 0.243 e. The number of amides is 1. The number of hydrogen-bond donors (Lipinski definition) is 1. The van der Waals surface area contributed by atoms with Gasteiger partial charge in [-0.3, -0.25) is 4.79 Å². The van der Waals surface area contributed by atoms with E-state index in [1.165, 1.54) is 11.4 Å². The third-order valence-electron chi connectivity index (χ3n) is 4.80. The minimum atomic E-state index is -3.89. The number of nitrogens with zero attached hydrogens (tertiary/aromatic N) is 1. The van der Waals surface area contributed by atoms with E-state index in [4.69, 9.17) is 4.74 Å². The van der Waals surface area contributed by atoms with Crippen LogP contribution in [0.5, 0.6) is 5.75 Å². The fourth-order valence-corrected chi connectivity index (χ4v) is 4.58. The fraction of sp³-hybridized carbons (Fsp3) is 0.208. The molecule has 0 bridgehead atoms. The summed E-state index contributed by atoms with van der Waals surface area (Å²) >= 11 is 0. The Labute approximate surface area is 183 Å². The van der Waals surface area contributed by atoms with Gasteiger partial charge < -0.3 is 10.1 Å². The van der Waals surface area contributed by atoms with Crippen molar-refractivity contribution in [2.24, 2.45) is 0 Å². The molecule has 0 aliphatic rings. The molecule has 3 aromatic rings. The Bertz CT molecular complexity index is 1160. The van der Waals surface area contributed by atoms with Crippen molar-refractivity contribution in [1.29, 1.82) is 0 Å². The third kappa shape index (κ3) is 5.71. The maximum Gasteiger partial charge on any atom is 0.243 e. The zero-order chi connectivity index (χ0) is 22.4. The van der Waals surface area contributed by atoms with E-state index in [0.29, 0.717) is 11.4 Å². The molecule has 0 aliphatic carbocycles. The summed E-state index contributed by atoms with van der Waals surface area (Å²) in [4.78, 5) is 13.0. The summed E-state index contributed by atoms with van der Waals surface area (Å²) in [6, 6.07) is 21.2. The van der Waals surface area contributed by atoms with Crippen LogP contribution in [-0.4, -0.2) is 32.3 Å². The molecule has 0 aliphatic heterocycles. The van der Waals surface area contributed by atoms with Gasteiger partial charge in [0.15, 0.2) is 0 Å². The van der Waals surface area contributed by atoms with Crippen LogP contribution >= 0.6 is 0 Å². The molecule has 0 heterocycles. The molecule has 7 heteroatoms. The molecular formula is C24H26N2O4S. The summed E-state index contributed by atoms with van der Waals surface area (Å²) in [5.74, 6) is 0.0512. The molecule has 6 nitrogen and oxygen atoms in total. The molecule has 0 unspecified atom stereocenters. The Balaban J connectivity index is 1.89. The van der Waals surface area contributed by atoms with Gasteiger partial charge in [-0.1, -0.05) is 59.7 Å². The number of para-hydroxylation sites is 2. The van der Waals surface area contributed by atoms with Gasteiger partial charge in [0.1, 0.15) is 5.75 Å². The number of benzene rings is 3. The summed E-state index contributed by atoms with van der Waals surface area (Å²) < 4.78 is 33.2. The average molecular weight is 439 g/mol. The van der Waals surface area contributed by atoms with Gasteiger partial charge in [0, 0.05) is 6.54 Å². The number of carbonyl (C=O) groups excluding carboxylic acids is 1. The number of methoxy groups -OCH3 is 1. The first kappa shape index (κ1) is 22.5. The van der Waals surface area contributed by atoms with Gasteiger partial charge >= 0.3 is 0 Å². The number of hydrogen-bond acceptors (Lipinski definition) is 4. The molecule has 31 heavy (non-hydrogen) atoms. The molecule has 3 rings (SSSR count). The Hall–Kier alpha value is -3.16. The average Bonchev–Trinajstić information content (AvgIpc) is 2.74. The first-order chi connectivity index (χ1) is 14.8. The van der Waals surface area contributed by atoms with Crippen molar-refractivity contribution in [2.45, 2.75) is 25.3 Å².